The minimum atomic E-state index is 0.456. The number of guanidine groups is 1. The number of nitrogens with one attached hydrogen (secondary N) is 2. The molecule has 0 saturated heterocycles. The molecule has 1 aliphatic rings. The van der Waals surface area contributed by atoms with Crippen molar-refractivity contribution in [2.75, 3.05) is 26.7 Å². The molecule has 2 aromatic rings. The highest BCUT2D eigenvalue weighted by Gasteiger charge is 2.20. The van der Waals surface area contributed by atoms with Crippen molar-refractivity contribution in [2.45, 2.75) is 32.4 Å². The van der Waals surface area contributed by atoms with Gasteiger partial charge in [0.1, 0.15) is 5.76 Å². The van der Waals surface area contributed by atoms with Gasteiger partial charge >= 0.3 is 0 Å². The maximum atomic E-state index is 5.35. The summed E-state index contributed by atoms with van der Waals surface area (Å²) < 4.78 is 5.35. The SMILES string of the molecule is CN=C(NCCc1ccco1)NCC(C)N1CCc2ccccc2C1. The molecule has 2 N–H and O–H groups in total. The maximum absolute atomic E-state index is 5.35. The second-order valence-electron chi connectivity index (χ2n) is 6.55. The maximum Gasteiger partial charge on any atom is 0.191 e. The van der Waals surface area contributed by atoms with Gasteiger partial charge in [-0.2, -0.15) is 0 Å². The normalized spacial score (nSPS) is 16.3. The second-order valence-corrected chi connectivity index (χ2v) is 6.55. The molecule has 0 aliphatic carbocycles. The number of hydrogen-bond acceptors (Lipinski definition) is 3. The molecule has 1 aromatic heterocycles. The van der Waals surface area contributed by atoms with Gasteiger partial charge < -0.3 is 15.1 Å². The summed E-state index contributed by atoms with van der Waals surface area (Å²) in [6.07, 6.45) is 3.70. The number of nitrogens with zero attached hydrogens (tertiary/aromatic N) is 2. The molecular weight excluding hydrogens is 312 g/mol. The molecule has 134 valence electrons. The van der Waals surface area contributed by atoms with E-state index in [9.17, 15) is 0 Å². The summed E-state index contributed by atoms with van der Waals surface area (Å²) in [5.74, 6) is 1.83. The number of furan rings is 1. The standard InChI is InChI=1S/C20H28N4O/c1-16(24-12-10-17-6-3-4-7-18(17)15-24)14-23-20(21-2)22-11-9-19-8-5-13-25-19/h3-8,13,16H,9-12,14-15H2,1-2H3,(H2,21,22,23). The van der Waals surface area contributed by atoms with Crippen molar-refractivity contribution in [3.05, 3.63) is 59.5 Å². The van der Waals surface area contributed by atoms with E-state index in [1.807, 2.05) is 19.2 Å². The Labute approximate surface area is 150 Å². The van der Waals surface area contributed by atoms with E-state index in [1.165, 1.54) is 11.1 Å². The fourth-order valence-corrected chi connectivity index (χ4v) is 3.25. The molecule has 1 atom stereocenters. The van der Waals surface area contributed by atoms with Gasteiger partial charge in [-0.1, -0.05) is 24.3 Å². The van der Waals surface area contributed by atoms with Gasteiger partial charge in [0.15, 0.2) is 5.96 Å². The molecule has 3 rings (SSSR count). The lowest BCUT2D eigenvalue weighted by atomic mass is 9.99. The average Bonchev–Trinajstić information content (AvgIpc) is 3.17. The molecule has 2 heterocycles. The van der Waals surface area contributed by atoms with Crippen LogP contribution in [0.2, 0.25) is 0 Å². The van der Waals surface area contributed by atoms with Crippen molar-refractivity contribution in [1.82, 2.24) is 15.5 Å². The summed E-state index contributed by atoms with van der Waals surface area (Å²) >= 11 is 0. The van der Waals surface area contributed by atoms with E-state index in [2.05, 4.69) is 51.7 Å². The third-order valence-electron chi connectivity index (χ3n) is 4.82. The number of aliphatic imine (C=N–C) groups is 1. The van der Waals surface area contributed by atoms with Crippen molar-refractivity contribution in [2.24, 2.45) is 4.99 Å². The zero-order chi connectivity index (χ0) is 17.5. The molecule has 25 heavy (non-hydrogen) atoms. The Hall–Kier alpha value is -2.27. The molecule has 0 spiro atoms. The summed E-state index contributed by atoms with van der Waals surface area (Å²) in [6.45, 7) is 6.10. The minimum absolute atomic E-state index is 0.456. The zero-order valence-corrected chi connectivity index (χ0v) is 15.2. The van der Waals surface area contributed by atoms with Gasteiger partial charge in [-0.15, -0.1) is 0 Å². The van der Waals surface area contributed by atoms with Gasteiger partial charge in [-0.05, 0) is 36.6 Å². The molecule has 0 bridgehead atoms. The van der Waals surface area contributed by atoms with E-state index < -0.39 is 0 Å². The summed E-state index contributed by atoms with van der Waals surface area (Å²) in [5, 5.41) is 6.78. The van der Waals surface area contributed by atoms with Crippen LogP contribution in [-0.4, -0.2) is 43.6 Å². The molecule has 1 aliphatic heterocycles. The van der Waals surface area contributed by atoms with Crippen LogP contribution in [0.1, 0.15) is 23.8 Å². The summed E-state index contributed by atoms with van der Waals surface area (Å²) in [6, 6.07) is 13.1. The summed E-state index contributed by atoms with van der Waals surface area (Å²) in [5.41, 5.74) is 2.95. The Kier molecular flexibility index (Phi) is 6.12. The lowest BCUT2D eigenvalue weighted by Crippen LogP contribution is -2.47. The van der Waals surface area contributed by atoms with Crippen molar-refractivity contribution in [3.63, 3.8) is 0 Å². The van der Waals surface area contributed by atoms with Crippen LogP contribution in [0.3, 0.4) is 0 Å². The Balaban J connectivity index is 1.42. The average molecular weight is 340 g/mol. The van der Waals surface area contributed by atoms with E-state index in [0.717, 1.165) is 50.7 Å². The number of rotatable bonds is 6. The Morgan fingerprint density at radius 1 is 1.20 bits per heavy atom. The summed E-state index contributed by atoms with van der Waals surface area (Å²) in [7, 11) is 1.81. The van der Waals surface area contributed by atoms with Gasteiger partial charge in [-0.25, -0.2) is 0 Å². The van der Waals surface area contributed by atoms with Crippen LogP contribution in [0.5, 0.6) is 0 Å². The van der Waals surface area contributed by atoms with Crippen LogP contribution in [0, 0.1) is 0 Å². The quantitative estimate of drug-likeness (QED) is 0.626. The first-order valence-corrected chi connectivity index (χ1v) is 9.04. The van der Waals surface area contributed by atoms with Crippen LogP contribution < -0.4 is 10.6 Å². The number of benzene rings is 1. The van der Waals surface area contributed by atoms with Gasteiger partial charge in [0.25, 0.3) is 0 Å². The monoisotopic (exact) mass is 340 g/mol. The molecule has 1 aromatic carbocycles. The van der Waals surface area contributed by atoms with E-state index in [0.29, 0.717) is 6.04 Å². The third kappa shape index (κ3) is 4.86. The number of fused-ring (bicyclic) bond motifs is 1. The van der Waals surface area contributed by atoms with Crippen molar-refractivity contribution >= 4 is 5.96 Å². The molecule has 0 fully saturated rings. The molecule has 0 saturated carbocycles. The first-order valence-electron chi connectivity index (χ1n) is 9.04. The smallest absolute Gasteiger partial charge is 0.191 e. The molecule has 5 nitrogen and oxygen atoms in total. The minimum Gasteiger partial charge on any atom is -0.469 e. The van der Waals surface area contributed by atoms with Crippen LogP contribution in [0.4, 0.5) is 0 Å². The first-order chi connectivity index (χ1) is 12.3. The topological polar surface area (TPSA) is 52.8 Å². The van der Waals surface area contributed by atoms with Crippen molar-refractivity contribution in [3.8, 4) is 0 Å². The molecule has 0 radical (unpaired) electrons. The fourth-order valence-electron chi connectivity index (χ4n) is 3.25. The van der Waals surface area contributed by atoms with E-state index in [-0.39, 0.29) is 0 Å². The van der Waals surface area contributed by atoms with Gasteiger partial charge in [0.05, 0.1) is 6.26 Å². The van der Waals surface area contributed by atoms with E-state index in [4.69, 9.17) is 4.42 Å². The Morgan fingerprint density at radius 3 is 2.80 bits per heavy atom. The first kappa shape index (κ1) is 17.5. The Morgan fingerprint density at radius 2 is 2.04 bits per heavy atom. The lowest BCUT2D eigenvalue weighted by molar-refractivity contribution is 0.191. The molecular formula is C20H28N4O. The highest BCUT2D eigenvalue weighted by atomic mass is 16.3. The van der Waals surface area contributed by atoms with Crippen LogP contribution in [0.15, 0.2) is 52.1 Å². The predicted molar refractivity (Wildman–Crippen MR) is 102 cm³/mol. The largest absolute Gasteiger partial charge is 0.469 e. The van der Waals surface area contributed by atoms with Gasteiger partial charge in [0, 0.05) is 45.7 Å². The van der Waals surface area contributed by atoms with E-state index >= 15 is 0 Å². The zero-order valence-electron chi connectivity index (χ0n) is 15.2. The van der Waals surface area contributed by atoms with Crippen LogP contribution in [0.25, 0.3) is 0 Å². The third-order valence-corrected chi connectivity index (χ3v) is 4.82. The van der Waals surface area contributed by atoms with Crippen LogP contribution in [-0.2, 0) is 19.4 Å². The predicted octanol–water partition coefficient (Wildman–Crippen LogP) is 2.43. The fraction of sp³-hybridized carbons (Fsp3) is 0.450. The highest BCUT2D eigenvalue weighted by Crippen LogP contribution is 2.19. The van der Waals surface area contributed by atoms with Crippen LogP contribution >= 0.6 is 0 Å². The molecule has 0 amide bonds. The highest BCUT2D eigenvalue weighted by molar-refractivity contribution is 5.79. The Bertz CT molecular complexity index is 681. The van der Waals surface area contributed by atoms with Crippen molar-refractivity contribution in [1.29, 1.82) is 0 Å². The lowest BCUT2D eigenvalue weighted by Gasteiger charge is -2.34. The van der Waals surface area contributed by atoms with Gasteiger partial charge in [-0.3, -0.25) is 9.89 Å². The van der Waals surface area contributed by atoms with Crippen molar-refractivity contribution < 1.29 is 4.42 Å². The second kappa shape index (κ2) is 8.72. The molecule has 1 unspecified atom stereocenters. The van der Waals surface area contributed by atoms with Gasteiger partial charge in [0.2, 0.25) is 0 Å². The molecule has 5 heteroatoms. The number of hydrogen-bond donors (Lipinski definition) is 2. The van der Waals surface area contributed by atoms with E-state index in [1.54, 1.807) is 6.26 Å². The summed E-state index contributed by atoms with van der Waals surface area (Å²) in [4.78, 5) is 6.84.